The van der Waals surface area contributed by atoms with Crippen LogP contribution >= 0.6 is 8.07 Å². The van der Waals surface area contributed by atoms with Gasteiger partial charge in [-0.25, -0.2) is 0 Å². The number of unbranched alkanes of at least 4 members (excludes halogenated alkanes) is 2. The highest BCUT2D eigenvalue weighted by atomic mass is 31.1. The van der Waals surface area contributed by atoms with Gasteiger partial charge >= 0.3 is 0 Å². The maximum Gasteiger partial charge on any atom is 0.00803 e. The average molecular weight is 245 g/mol. The molecule has 0 spiro atoms. The van der Waals surface area contributed by atoms with Gasteiger partial charge in [0.1, 0.15) is 0 Å². The van der Waals surface area contributed by atoms with Crippen LogP contribution in [0.3, 0.4) is 0 Å². The normalized spacial score (nSPS) is 12.4. The highest BCUT2D eigenvalue weighted by molar-refractivity contribution is 7.55. The van der Waals surface area contributed by atoms with E-state index in [1.165, 1.54) is 38.0 Å². The summed E-state index contributed by atoms with van der Waals surface area (Å²) in [6, 6.07) is 1.42. The lowest BCUT2D eigenvalue weighted by atomic mass is 10.3. The molecule has 0 aromatic heterocycles. The number of nitrogens with zero attached hydrogens (tertiary/aromatic N) is 1. The molecule has 0 fully saturated rings. The Morgan fingerprint density at radius 1 is 0.812 bits per heavy atom. The zero-order valence-electron chi connectivity index (χ0n) is 12.3. The minimum atomic E-state index is 0.119. The van der Waals surface area contributed by atoms with Crippen LogP contribution in [0.15, 0.2) is 0 Å². The van der Waals surface area contributed by atoms with Crippen LogP contribution in [0.2, 0.25) is 0 Å². The molecule has 0 amide bonds. The Balaban J connectivity index is 4.40. The fourth-order valence-corrected chi connectivity index (χ4v) is 5.63. The second-order valence-electron chi connectivity index (χ2n) is 5.23. The van der Waals surface area contributed by atoms with Crippen molar-refractivity contribution in [2.75, 3.05) is 12.3 Å². The second-order valence-corrected chi connectivity index (χ2v) is 7.60. The van der Waals surface area contributed by atoms with Crippen molar-refractivity contribution >= 4 is 8.07 Å². The van der Waals surface area contributed by atoms with Gasteiger partial charge in [-0.1, -0.05) is 26.7 Å². The molecule has 16 heavy (non-hydrogen) atoms. The first kappa shape index (κ1) is 16.4. The van der Waals surface area contributed by atoms with Crippen molar-refractivity contribution in [3.8, 4) is 0 Å². The van der Waals surface area contributed by atoms with Crippen LogP contribution in [0.1, 0.15) is 67.2 Å². The van der Waals surface area contributed by atoms with E-state index < -0.39 is 0 Å². The van der Waals surface area contributed by atoms with Gasteiger partial charge in [0, 0.05) is 12.1 Å². The van der Waals surface area contributed by atoms with Crippen LogP contribution in [-0.2, 0) is 0 Å². The summed E-state index contributed by atoms with van der Waals surface area (Å²) in [7, 11) is 0.119. The van der Waals surface area contributed by atoms with E-state index in [1.807, 2.05) is 0 Å². The van der Waals surface area contributed by atoms with Crippen molar-refractivity contribution in [2.24, 2.45) is 0 Å². The van der Waals surface area contributed by atoms with Crippen LogP contribution < -0.4 is 0 Å². The zero-order valence-corrected chi connectivity index (χ0v) is 13.2. The van der Waals surface area contributed by atoms with Gasteiger partial charge in [0.25, 0.3) is 0 Å². The largest absolute Gasteiger partial charge is 0.277 e. The summed E-state index contributed by atoms with van der Waals surface area (Å²) in [5.41, 5.74) is 0. The van der Waals surface area contributed by atoms with Crippen LogP contribution in [0.25, 0.3) is 0 Å². The predicted molar refractivity (Wildman–Crippen MR) is 78.6 cm³/mol. The first-order valence-electron chi connectivity index (χ1n) is 7.07. The minimum absolute atomic E-state index is 0.119. The molecular weight excluding hydrogens is 213 g/mol. The first-order valence-corrected chi connectivity index (χ1v) is 8.74. The molecule has 0 atom stereocenters. The Labute approximate surface area is 105 Å². The van der Waals surface area contributed by atoms with E-state index in [-0.39, 0.29) is 8.07 Å². The fourth-order valence-electron chi connectivity index (χ4n) is 2.27. The van der Waals surface area contributed by atoms with Crippen LogP contribution in [0.4, 0.5) is 0 Å². The van der Waals surface area contributed by atoms with Gasteiger partial charge in [0.05, 0.1) is 0 Å². The lowest BCUT2D eigenvalue weighted by Crippen LogP contribution is -2.33. The van der Waals surface area contributed by atoms with Crippen molar-refractivity contribution in [1.82, 2.24) is 4.67 Å². The molecule has 2 heteroatoms. The molecule has 0 aliphatic carbocycles. The molecule has 0 aliphatic rings. The predicted octanol–water partition coefficient (Wildman–Crippen LogP) is 5.10. The third-order valence-electron chi connectivity index (χ3n) is 2.92. The van der Waals surface area contributed by atoms with Crippen molar-refractivity contribution in [3.05, 3.63) is 0 Å². The first-order chi connectivity index (χ1) is 7.54. The SMILES string of the molecule is CCCCP(CCCC)N(C(C)C)C(C)C. The average Bonchev–Trinajstić information content (AvgIpc) is 2.20. The maximum atomic E-state index is 2.78. The lowest BCUT2D eigenvalue weighted by molar-refractivity contribution is 0.321. The summed E-state index contributed by atoms with van der Waals surface area (Å²) in [4.78, 5) is 0. The smallest absolute Gasteiger partial charge is 0.00803 e. The number of hydrogen-bond acceptors (Lipinski definition) is 1. The fraction of sp³-hybridized carbons (Fsp3) is 1.00. The highest BCUT2D eigenvalue weighted by Gasteiger charge is 2.22. The molecule has 98 valence electrons. The Morgan fingerprint density at radius 3 is 1.44 bits per heavy atom. The van der Waals surface area contributed by atoms with Gasteiger partial charge in [-0.2, -0.15) is 0 Å². The monoisotopic (exact) mass is 245 g/mol. The Hall–Kier alpha value is 0.390. The molecule has 1 nitrogen and oxygen atoms in total. The summed E-state index contributed by atoms with van der Waals surface area (Å²) in [6.45, 7) is 14.0. The highest BCUT2D eigenvalue weighted by Crippen LogP contribution is 2.45. The molecule has 0 N–H and O–H groups in total. The Kier molecular flexibility index (Phi) is 9.65. The van der Waals surface area contributed by atoms with E-state index in [2.05, 4.69) is 46.2 Å². The van der Waals surface area contributed by atoms with Gasteiger partial charge in [0.2, 0.25) is 0 Å². The molecule has 0 aromatic carbocycles. The van der Waals surface area contributed by atoms with Crippen molar-refractivity contribution in [2.45, 2.75) is 79.3 Å². The van der Waals surface area contributed by atoms with Crippen molar-refractivity contribution < 1.29 is 0 Å². The summed E-state index contributed by atoms with van der Waals surface area (Å²) in [5.74, 6) is 0. The molecule has 0 saturated carbocycles. The van der Waals surface area contributed by atoms with Crippen molar-refractivity contribution in [1.29, 1.82) is 0 Å². The Morgan fingerprint density at radius 2 is 1.19 bits per heavy atom. The summed E-state index contributed by atoms with van der Waals surface area (Å²) >= 11 is 0. The van der Waals surface area contributed by atoms with E-state index in [0.717, 1.165) is 0 Å². The third-order valence-corrected chi connectivity index (χ3v) is 6.17. The van der Waals surface area contributed by atoms with Gasteiger partial charge in [-0.3, -0.25) is 4.67 Å². The zero-order chi connectivity index (χ0) is 12.6. The quantitative estimate of drug-likeness (QED) is 0.511. The molecule has 0 rings (SSSR count). The topological polar surface area (TPSA) is 3.24 Å². The van der Waals surface area contributed by atoms with E-state index in [0.29, 0.717) is 12.1 Å². The van der Waals surface area contributed by atoms with Gasteiger partial charge in [-0.15, -0.1) is 0 Å². The van der Waals surface area contributed by atoms with E-state index in [1.54, 1.807) is 0 Å². The molecule has 0 bridgehead atoms. The molecule has 0 aliphatic heterocycles. The van der Waals surface area contributed by atoms with E-state index in [4.69, 9.17) is 0 Å². The number of rotatable bonds is 9. The van der Waals surface area contributed by atoms with Crippen LogP contribution in [0, 0.1) is 0 Å². The van der Waals surface area contributed by atoms with Crippen molar-refractivity contribution in [3.63, 3.8) is 0 Å². The van der Waals surface area contributed by atoms with E-state index >= 15 is 0 Å². The summed E-state index contributed by atoms with van der Waals surface area (Å²) < 4.78 is 2.78. The molecular formula is C14H32NP. The molecule has 0 radical (unpaired) electrons. The molecule has 0 saturated heterocycles. The second kappa shape index (κ2) is 9.42. The third kappa shape index (κ3) is 6.21. The van der Waals surface area contributed by atoms with Crippen LogP contribution in [-0.4, -0.2) is 29.1 Å². The summed E-state index contributed by atoms with van der Waals surface area (Å²) in [5, 5.41) is 0. The van der Waals surface area contributed by atoms with E-state index in [9.17, 15) is 0 Å². The molecule has 0 heterocycles. The minimum Gasteiger partial charge on any atom is -0.277 e. The molecule has 0 unspecified atom stereocenters. The molecule has 0 aromatic rings. The van der Waals surface area contributed by atoms with Gasteiger partial charge in [0.15, 0.2) is 0 Å². The van der Waals surface area contributed by atoms with Gasteiger partial charge < -0.3 is 0 Å². The summed E-state index contributed by atoms with van der Waals surface area (Å²) in [6.07, 6.45) is 8.39. The lowest BCUT2D eigenvalue weighted by Gasteiger charge is -2.38. The van der Waals surface area contributed by atoms with Crippen LogP contribution in [0.5, 0.6) is 0 Å². The standard InChI is InChI=1S/C14H32NP/c1-7-9-11-16(12-10-8-2)15(13(3)4)14(5)6/h13-14H,7-12H2,1-6H3. The Bertz CT molecular complexity index is 141. The van der Waals surface area contributed by atoms with Gasteiger partial charge in [-0.05, 0) is 60.9 Å². The number of hydrogen-bond donors (Lipinski definition) is 0. The maximum absolute atomic E-state index is 2.78.